The van der Waals surface area contributed by atoms with Crippen LogP contribution in [0.25, 0.3) is 11.1 Å². The van der Waals surface area contributed by atoms with Crippen LogP contribution in [0.2, 0.25) is 0 Å². The van der Waals surface area contributed by atoms with Crippen molar-refractivity contribution in [3.05, 3.63) is 59.7 Å². The number of nitrogens with one attached hydrogen (secondary N) is 2. The van der Waals surface area contributed by atoms with Crippen LogP contribution in [-0.2, 0) is 9.59 Å². The van der Waals surface area contributed by atoms with E-state index in [9.17, 15) is 24.6 Å². The van der Waals surface area contributed by atoms with E-state index >= 15 is 0 Å². The summed E-state index contributed by atoms with van der Waals surface area (Å²) in [5.74, 6) is -3.99. The second-order valence-electron chi connectivity index (χ2n) is 10.5. The normalized spacial score (nSPS) is 28.5. The lowest BCUT2D eigenvalue weighted by atomic mass is 9.84. The second-order valence-corrected chi connectivity index (χ2v) is 10.5. The van der Waals surface area contributed by atoms with Crippen LogP contribution in [0.1, 0.15) is 28.8 Å². The summed E-state index contributed by atoms with van der Waals surface area (Å²) in [5, 5.41) is 29.0. The molecule has 4 atom stereocenters. The minimum Gasteiger partial charge on any atom is -0.370 e. The zero-order chi connectivity index (χ0) is 28.4. The van der Waals surface area contributed by atoms with Crippen LogP contribution in [0, 0.1) is 6.92 Å². The number of amides is 3. The first-order valence-corrected chi connectivity index (χ1v) is 13.0. The molecular weight excluding hydrogens is 516 g/mol. The molecule has 2 saturated heterocycles. The van der Waals surface area contributed by atoms with E-state index in [1.165, 1.54) is 4.90 Å². The molecule has 2 aromatic carbocycles. The summed E-state index contributed by atoms with van der Waals surface area (Å²) in [6.45, 7) is 1.57. The van der Waals surface area contributed by atoms with E-state index in [0.29, 0.717) is 5.56 Å². The highest BCUT2D eigenvalue weighted by Crippen LogP contribution is 2.45. The van der Waals surface area contributed by atoms with Crippen LogP contribution in [0.15, 0.2) is 58.5 Å². The summed E-state index contributed by atoms with van der Waals surface area (Å²) in [6.07, 6.45) is 0.193. The highest BCUT2D eigenvalue weighted by atomic mass is 16.5. The highest BCUT2D eigenvalue weighted by molar-refractivity contribution is 6.02. The van der Waals surface area contributed by atoms with Crippen molar-refractivity contribution in [2.75, 3.05) is 13.1 Å². The van der Waals surface area contributed by atoms with Crippen molar-refractivity contribution >= 4 is 29.6 Å². The van der Waals surface area contributed by atoms with E-state index < -0.39 is 35.5 Å². The number of likely N-dealkylation sites (tertiary alicyclic amines) is 1. The van der Waals surface area contributed by atoms with Crippen LogP contribution in [0.5, 0.6) is 0 Å². The van der Waals surface area contributed by atoms with Gasteiger partial charge in [-0.05, 0) is 29.7 Å². The predicted octanol–water partition coefficient (Wildman–Crippen LogP) is -1.41. The van der Waals surface area contributed by atoms with Crippen molar-refractivity contribution in [3.63, 3.8) is 0 Å². The van der Waals surface area contributed by atoms with E-state index in [2.05, 4.69) is 20.6 Å². The van der Waals surface area contributed by atoms with Gasteiger partial charge in [-0.1, -0.05) is 42.5 Å². The number of carbonyl (C=O) groups excluding carboxylic acids is 3. The van der Waals surface area contributed by atoms with Gasteiger partial charge in [0.05, 0.1) is 12.6 Å². The summed E-state index contributed by atoms with van der Waals surface area (Å²) in [7, 11) is 0. The molecule has 0 bridgehead atoms. The Labute approximate surface area is 229 Å². The van der Waals surface area contributed by atoms with E-state index in [1.807, 2.05) is 43.3 Å². The molecule has 1 spiro atoms. The van der Waals surface area contributed by atoms with Crippen molar-refractivity contribution in [2.45, 2.75) is 49.3 Å². The van der Waals surface area contributed by atoms with Gasteiger partial charge in [-0.3, -0.25) is 19.3 Å². The fourth-order valence-corrected chi connectivity index (χ4v) is 6.30. The third-order valence-corrected chi connectivity index (χ3v) is 8.29. The van der Waals surface area contributed by atoms with Gasteiger partial charge in [0.25, 0.3) is 5.91 Å². The summed E-state index contributed by atoms with van der Waals surface area (Å²) in [6, 6.07) is 11.8. The molecule has 0 saturated carbocycles. The number of aliphatic imine (C=N–C) groups is 2. The molecule has 0 aliphatic carbocycles. The van der Waals surface area contributed by atoms with Crippen molar-refractivity contribution in [2.24, 2.45) is 21.5 Å². The Morgan fingerprint density at radius 1 is 1.07 bits per heavy atom. The van der Waals surface area contributed by atoms with Crippen LogP contribution in [-0.4, -0.2) is 92.3 Å². The Balaban J connectivity index is 1.30. The van der Waals surface area contributed by atoms with E-state index in [1.54, 1.807) is 12.1 Å². The summed E-state index contributed by atoms with van der Waals surface area (Å²) in [5.41, 5.74) is 13.5. The standard InChI is InChI=1S/C27H30N8O5/c1-14-16(15-6-3-2-4-7-15)8-5-9-17(14)23(38)31-19-13-35-25(29)30-18(12-34-20(36)10-11-21(34)37)22-26(35,27(19,39)40)33-24(28)32-22/h2-9,18-19,22,39-40H,10-13H2,1H3,(H2,29,30)(H,31,38)(H3,28,32,33)/t18-,19?,22-,26-/m0/s1. The van der Waals surface area contributed by atoms with Crippen molar-refractivity contribution in [1.29, 1.82) is 0 Å². The molecule has 40 heavy (non-hydrogen) atoms. The fourth-order valence-electron chi connectivity index (χ4n) is 6.30. The number of nitrogens with zero attached hydrogens (tertiary/aromatic N) is 4. The molecule has 6 rings (SSSR count). The predicted molar refractivity (Wildman–Crippen MR) is 144 cm³/mol. The summed E-state index contributed by atoms with van der Waals surface area (Å²) in [4.78, 5) is 49.5. The number of hydrogen-bond acceptors (Lipinski definition) is 11. The van der Waals surface area contributed by atoms with Crippen LogP contribution >= 0.6 is 0 Å². The first-order valence-electron chi connectivity index (χ1n) is 13.0. The van der Waals surface area contributed by atoms with E-state index in [4.69, 9.17) is 11.5 Å². The van der Waals surface area contributed by atoms with Crippen LogP contribution in [0.4, 0.5) is 0 Å². The Morgan fingerprint density at radius 2 is 1.77 bits per heavy atom. The lowest BCUT2D eigenvalue weighted by molar-refractivity contribution is -0.230. The fraction of sp³-hybridized carbons (Fsp3) is 0.370. The molecule has 13 heteroatoms. The molecule has 4 aliphatic rings. The Morgan fingerprint density at radius 3 is 2.48 bits per heavy atom. The molecule has 4 aliphatic heterocycles. The molecule has 0 aromatic heterocycles. The van der Waals surface area contributed by atoms with Gasteiger partial charge in [0.2, 0.25) is 17.6 Å². The lowest BCUT2D eigenvalue weighted by Gasteiger charge is -2.49. The van der Waals surface area contributed by atoms with Gasteiger partial charge >= 0.3 is 0 Å². The van der Waals surface area contributed by atoms with E-state index in [-0.39, 0.29) is 49.7 Å². The van der Waals surface area contributed by atoms with Gasteiger partial charge in [0.15, 0.2) is 17.6 Å². The van der Waals surface area contributed by atoms with Crippen LogP contribution < -0.4 is 22.1 Å². The SMILES string of the molecule is Cc1c(C(=O)NC2CN3C(N)=N[C@@H](CN4C(=O)CCC4=O)[C@@H]4N=C(N)N[C@@]43C2(O)O)cccc1-c1ccccc1. The number of hydrogen-bond donors (Lipinski definition) is 6. The number of rotatable bonds is 5. The third-order valence-electron chi connectivity index (χ3n) is 8.29. The maximum atomic E-state index is 13.5. The zero-order valence-corrected chi connectivity index (χ0v) is 21.7. The van der Waals surface area contributed by atoms with E-state index in [0.717, 1.165) is 21.6 Å². The first-order chi connectivity index (χ1) is 19.0. The largest absolute Gasteiger partial charge is 0.370 e. The van der Waals surface area contributed by atoms with Gasteiger partial charge in [0, 0.05) is 24.9 Å². The molecule has 8 N–H and O–H groups in total. The molecule has 3 amide bonds. The quantitative estimate of drug-likeness (QED) is 0.193. The summed E-state index contributed by atoms with van der Waals surface area (Å²) < 4.78 is 0. The van der Waals surface area contributed by atoms with Gasteiger partial charge in [-0.15, -0.1) is 0 Å². The molecule has 2 fully saturated rings. The van der Waals surface area contributed by atoms with Gasteiger partial charge in [-0.25, -0.2) is 9.98 Å². The molecule has 0 radical (unpaired) electrons. The molecular formula is C27H30N8O5. The third kappa shape index (κ3) is 3.65. The van der Waals surface area contributed by atoms with Crippen molar-refractivity contribution in [3.8, 4) is 11.1 Å². The molecule has 4 heterocycles. The maximum Gasteiger partial charge on any atom is 0.252 e. The molecule has 1 unspecified atom stereocenters. The van der Waals surface area contributed by atoms with Gasteiger partial charge < -0.3 is 37.2 Å². The number of imide groups is 1. The first kappa shape index (κ1) is 25.8. The number of nitrogens with two attached hydrogens (primary N) is 2. The molecule has 208 valence electrons. The second kappa shape index (κ2) is 9.03. The number of aliphatic hydroxyl groups is 2. The topological polar surface area (TPSA) is 199 Å². The van der Waals surface area contributed by atoms with Crippen molar-refractivity contribution < 1.29 is 24.6 Å². The Kier molecular flexibility index (Phi) is 5.82. The minimum atomic E-state index is -2.64. The maximum absolute atomic E-state index is 13.5. The van der Waals surface area contributed by atoms with Crippen LogP contribution in [0.3, 0.4) is 0 Å². The molecule has 2 aromatic rings. The number of guanidine groups is 2. The van der Waals surface area contributed by atoms with Gasteiger partial charge in [0.1, 0.15) is 12.1 Å². The zero-order valence-electron chi connectivity index (χ0n) is 21.7. The number of benzene rings is 2. The minimum absolute atomic E-state index is 0.0655. The number of carbonyl (C=O) groups is 3. The van der Waals surface area contributed by atoms with Crippen molar-refractivity contribution in [1.82, 2.24) is 20.4 Å². The average molecular weight is 547 g/mol. The average Bonchev–Trinajstić information content (AvgIpc) is 3.52. The molecule has 13 nitrogen and oxygen atoms in total. The lowest BCUT2D eigenvalue weighted by Crippen LogP contribution is -2.78. The van der Waals surface area contributed by atoms with Gasteiger partial charge in [-0.2, -0.15) is 0 Å². The monoisotopic (exact) mass is 546 g/mol. The Bertz CT molecular complexity index is 1460. The smallest absolute Gasteiger partial charge is 0.252 e. The Hall–Kier alpha value is -4.49. The summed E-state index contributed by atoms with van der Waals surface area (Å²) >= 11 is 0. The highest BCUT2D eigenvalue weighted by Gasteiger charge is 2.73.